The van der Waals surface area contributed by atoms with Crippen molar-refractivity contribution in [2.75, 3.05) is 11.9 Å². The number of benzene rings is 3. The molecule has 2 aromatic heterocycles. The van der Waals surface area contributed by atoms with Crippen molar-refractivity contribution in [2.45, 2.75) is 6.10 Å². The van der Waals surface area contributed by atoms with E-state index in [4.69, 9.17) is 25.0 Å². The summed E-state index contributed by atoms with van der Waals surface area (Å²) >= 11 is 1.43. The van der Waals surface area contributed by atoms with Gasteiger partial charge in [0.1, 0.15) is 18.2 Å². The molecule has 0 aliphatic carbocycles. The fourth-order valence-corrected chi connectivity index (χ4v) is 4.68. The molecule has 0 bridgehead atoms. The van der Waals surface area contributed by atoms with Crippen LogP contribution in [0.1, 0.15) is 16.5 Å². The van der Waals surface area contributed by atoms with Crippen LogP contribution in [0.25, 0.3) is 21.4 Å². The second-order valence-electron chi connectivity index (χ2n) is 7.84. The Hall–Kier alpha value is -4.63. The predicted molar refractivity (Wildman–Crippen MR) is 140 cm³/mol. The number of hydrogen-bond donors (Lipinski definition) is 3. The summed E-state index contributed by atoms with van der Waals surface area (Å²) < 4.78 is 18.3. The van der Waals surface area contributed by atoms with Gasteiger partial charge in [0, 0.05) is 15.6 Å². The Labute approximate surface area is 210 Å². The average Bonchev–Trinajstić information content (AvgIpc) is 3.58. The molecule has 180 valence electrons. The van der Waals surface area contributed by atoms with Gasteiger partial charge in [-0.2, -0.15) is 0 Å². The number of nitrogens with two attached hydrogens (primary N) is 1. The van der Waals surface area contributed by atoms with E-state index in [1.165, 1.54) is 17.7 Å². The maximum absolute atomic E-state index is 12.7. The maximum Gasteiger partial charge on any atom is 0.411 e. The van der Waals surface area contributed by atoms with Gasteiger partial charge < -0.3 is 19.6 Å². The highest BCUT2D eigenvalue weighted by Gasteiger charge is 2.19. The number of fused-ring (bicyclic) bond motifs is 1. The first-order chi connectivity index (χ1) is 17.6. The molecule has 0 fully saturated rings. The summed E-state index contributed by atoms with van der Waals surface area (Å²) in [5, 5.41) is 11.4. The Morgan fingerprint density at radius 2 is 1.89 bits per heavy atom. The number of oxazole rings is 1. The fraction of sp³-hybridized carbons (Fsp3) is 0.0741. The van der Waals surface area contributed by atoms with E-state index in [1.807, 2.05) is 72.8 Å². The van der Waals surface area contributed by atoms with Gasteiger partial charge in [-0.25, -0.2) is 9.78 Å². The summed E-state index contributed by atoms with van der Waals surface area (Å²) in [6.45, 7) is -0.0274. The number of carbonyl (C=O) groups excluding carboxylic acids is 1. The van der Waals surface area contributed by atoms with Gasteiger partial charge in [0.15, 0.2) is 18.3 Å². The minimum atomic E-state index is -0.626. The van der Waals surface area contributed by atoms with Crippen LogP contribution in [0, 0.1) is 5.41 Å². The molecular formula is C27H22N4O4S. The number of rotatable bonds is 8. The van der Waals surface area contributed by atoms with E-state index >= 15 is 0 Å². The summed E-state index contributed by atoms with van der Waals surface area (Å²) in [6.07, 6.45) is 1.72. The lowest BCUT2D eigenvalue weighted by Gasteiger charge is -2.20. The Balaban J connectivity index is 1.35. The number of hydrogen-bond acceptors (Lipinski definition) is 7. The highest BCUT2D eigenvalue weighted by molar-refractivity contribution is 7.20. The third-order valence-electron chi connectivity index (χ3n) is 5.45. The molecule has 1 unspecified atom stereocenters. The van der Waals surface area contributed by atoms with E-state index < -0.39 is 12.2 Å². The normalized spacial score (nSPS) is 11.7. The monoisotopic (exact) mass is 498 g/mol. The first kappa shape index (κ1) is 23.1. The van der Waals surface area contributed by atoms with Crippen molar-refractivity contribution in [3.05, 3.63) is 102 Å². The molecule has 5 aromatic rings. The van der Waals surface area contributed by atoms with Crippen LogP contribution < -0.4 is 15.8 Å². The molecule has 2 heterocycles. The minimum absolute atomic E-state index is 0.00683. The highest BCUT2D eigenvalue weighted by Crippen LogP contribution is 2.35. The van der Waals surface area contributed by atoms with Crippen LogP contribution in [-0.4, -0.2) is 23.5 Å². The lowest BCUT2D eigenvalue weighted by atomic mass is 10.1. The van der Waals surface area contributed by atoms with Crippen molar-refractivity contribution < 1.29 is 18.7 Å². The van der Waals surface area contributed by atoms with Crippen molar-refractivity contribution in [2.24, 2.45) is 5.73 Å². The molecule has 0 radical (unpaired) electrons. The van der Waals surface area contributed by atoms with E-state index in [1.54, 1.807) is 12.3 Å². The number of amides is 1. The zero-order chi connectivity index (χ0) is 24.9. The Morgan fingerprint density at radius 3 is 2.67 bits per heavy atom. The van der Waals surface area contributed by atoms with Crippen LogP contribution in [-0.2, 0) is 4.74 Å². The van der Waals surface area contributed by atoms with E-state index in [0.29, 0.717) is 27.6 Å². The second kappa shape index (κ2) is 10.3. The molecule has 4 N–H and O–H groups in total. The van der Waals surface area contributed by atoms with Gasteiger partial charge in [-0.3, -0.25) is 10.7 Å². The first-order valence-corrected chi connectivity index (χ1v) is 11.9. The number of para-hydroxylation sites is 1. The molecule has 1 atom stereocenters. The Bertz CT molecular complexity index is 1500. The zero-order valence-corrected chi connectivity index (χ0v) is 19.8. The fourth-order valence-electron chi connectivity index (χ4n) is 3.74. The van der Waals surface area contributed by atoms with Gasteiger partial charge in [0.2, 0.25) is 0 Å². The first-order valence-electron chi connectivity index (χ1n) is 11.1. The predicted octanol–water partition coefficient (Wildman–Crippen LogP) is 6.21. The molecule has 0 spiro atoms. The summed E-state index contributed by atoms with van der Waals surface area (Å²) in [5.74, 6) is 1.15. The minimum Gasteiger partial charge on any atom is -0.481 e. The van der Waals surface area contributed by atoms with E-state index in [2.05, 4.69) is 10.3 Å². The summed E-state index contributed by atoms with van der Waals surface area (Å²) in [7, 11) is 0. The van der Waals surface area contributed by atoms with Crippen LogP contribution in [0.3, 0.4) is 0 Å². The molecule has 0 aliphatic rings. The second-order valence-corrected chi connectivity index (χ2v) is 8.93. The van der Waals surface area contributed by atoms with E-state index in [0.717, 1.165) is 15.6 Å². The number of nitrogens with one attached hydrogen (secondary N) is 2. The van der Waals surface area contributed by atoms with Crippen LogP contribution in [0.15, 0.2) is 95.9 Å². The summed E-state index contributed by atoms with van der Waals surface area (Å²) in [6, 6.07) is 24.3. The molecule has 1 amide bonds. The lowest BCUT2D eigenvalue weighted by Crippen LogP contribution is -2.21. The Morgan fingerprint density at radius 1 is 1.08 bits per heavy atom. The molecule has 0 saturated heterocycles. The molecule has 0 saturated carbocycles. The molecule has 8 nitrogen and oxygen atoms in total. The largest absolute Gasteiger partial charge is 0.481 e. The Kier molecular flexibility index (Phi) is 6.63. The average molecular weight is 499 g/mol. The molecule has 0 aliphatic heterocycles. The van der Waals surface area contributed by atoms with Crippen LogP contribution in [0.5, 0.6) is 5.75 Å². The lowest BCUT2D eigenvalue weighted by molar-refractivity contribution is 0.0910. The van der Waals surface area contributed by atoms with Crippen molar-refractivity contribution in [1.29, 1.82) is 5.41 Å². The van der Waals surface area contributed by atoms with Crippen molar-refractivity contribution in [3.8, 4) is 17.1 Å². The van der Waals surface area contributed by atoms with Crippen LogP contribution in [0.2, 0.25) is 0 Å². The van der Waals surface area contributed by atoms with E-state index in [-0.39, 0.29) is 12.4 Å². The molecule has 36 heavy (non-hydrogen) atoms. The topological polar surface area (TPSA) is 123 Å². The number of anilines is 1. The van der Waals surface area contributed by atoms with Gasteiger partial charge >= 0.3 is 6.09 Å². The third-order valence-corrected chi connectivity index (χ3v) is 6.59. The van der Waals surface area contributed by atoms with Gasteiger partial charge in [-0.15, -0.1) is 11.3 Å². The van der Waals surface area contributed by atoms with Gasteiger partial charge in [-0.1, -0.05) is 48.5 Å². The van der Waals surface area contributed by atoms with Gasteiger partial charge in [-0.05, 0) is 35.9 Å². The van der Waals surface area contributed by atoms with Gasteiger partial charge in [0.25, 0.3) is 0 Å². The van der Waals surface area contributed by atoms with Crippen molar-refractivity contribution in [3.63, 3.8) is 0 Å². The maximum atomic E-state index is 12.7. The molecule has 3 aromatic carbocycles. The van der Waals surface area contributed by atoms with Crippen LogP contribution >= 0.6 is 11.3 Å². The molecular weight excluding hydrogens is 476 g/mol. The quantitative estimate of drug-likeness (QED) is 0.173. The number of aromatic nitrogens is 1. The summed E-state index contributed by atoms with van der Waals surface area (Å²) in [5.41, 5.74) is 7.76. The molecule has 9 heteroatoms. The standard InChI is InChI=1S/C27H22N4O4S/c28-26(29)25-13-19-21(11-6-12-24(19)36-25)35-23(17-7-2-1-3-8-17)15-33-27(32)31-20-10-5-4-9-18(20)22-14-30-16-34-22/h1-14,16,23H,15H2,(H3,28,29)(H,31,32). The third kappa shape index (κ3) is 5.06. The van der Waals surface area contributed by atoms with E-state index in [9.17, 15) is 4.79 Å². The number of ether oxygens (including phenoxy) is 2. The molecule has 5 rings (SSSR count). The zero-order valence-electron chi connectivity index (χ0n) is 19.0. The number of nitrogens with zero attached hydrogens (tertiary/aromatic N) is 1. The number of amidine groups is 1. The number of nitrogen functional groups attached to an aromatic ring is 1. The van der Waals surface area contributed by atoms with Crippen molar-refractivity contribution >= 4 is 39.0 Å². The van der Waals surface area contributed by atoms with Crippen LogP contribution in [0.4, 0.5) is 10.5 Å². The number of thiophene rings is 1. The highest BCUT2D eigenvalue weighted by atomic mass is 32.1. The van der Waals surface area contributed by atoms with Crippen molar-refractivity contribution in [1.82, 2.24) is 4.98 Å². The smallest absolute Gasteiger partial charge is 0.411 e. The number of carbonyl (C=O) groups is 1. The SMILES string of the molecule is N=C(N)c1cc2c(OC(COC(=O)Nc3ccccc3-c3cnco3)c3ccccc3)cccc2s1. The van der Waals surface area contributed by atoms with Gasteiger partial charge in [0.05, 0.1) is 16.8 Å². The summed E-state index contributed by atoms with van der Waals surface area (Å²) in [4.78, 5) is 17.3.